The summed E-state index contributed by atoms with van der Waals surface area (Å²) < 4.78 is 3.27. The van der Waals surface area contributed by atoms with Crippen molar-refractivity contribution in [2.75, 3.05) is 0 Å². The van der Waals surface area contributed by atoms with Crippen LogP contribution in [0.4, 0.5) is 0 Å². The molecule has 1 N–H and O–H groups in total. The molecule has 2 heterocycles. The molecule has 11 heavy (non-hydrogen) atoms. The highest BCUT2D eigenvalue weighted by Gasteiger charge is 2.19. The molecule has 1 unspecified atom stereocenters. The first-order valence-electron chi connectivity index (χ1n) is 3.67. The van der Waals surface area contributed by atoms with Crippen LogP contribution in [-0.4, -0.2) is 4.98 Å². The summed E-state index contributed by atoms with van der Waals surface area (Å²) in [5, 5.41) is 1.14. The number of rotatable bonds is 0. The second-order valence-corrected chi connectivity index (χ2v) is 3.62. The summed E-state index contributed by atoms with van der Waals surface area (Å²) in [5.41, 5.74) is 2.41. The van der Waals surface area contributed by atoms with Crippen LogP contribution in [0.1, 0.15) is 24.2 Å². The summed E-state index contributed by atoms with van der Waals surface area (Å²) in [6, 6.07) is 4.65. The van der Waals surface area contributed by atoms with E-state index < -0.39 is 0 Å². The Morgan fingerprint density at radius 3 is 3.18 bits per heavy atom. The number of hydrogen-bond donors (Lipinski definition) is 1. The Hall–Kier alpha value is -0.540. The molecule has 0 saturated heterocycles. The predicted molar refractivity (Wildman–Crippen MR) is 46.4 cm³/mol. The maximum Gasteiger partial charge on any atom is 0.116 e. The summed E-state index contributed by atoms with van der Waals surface area (Å²) in [6.45, 7) is 4.17. The molecule has 0 saturated carbocycles. The molecule has 1 atom stereocenters. The summed E-state index contributed by atoms with van der Waals surface area (Å²) in [7, 11) is 0. The van der Waals surface area contributed by atoms with Crippen LogP contribution in [0.25, 0.3) is 0 Å². The van der Waals surface area contributed by atoms with Gasteiger partial charge in [0.15, 0.2) is 0 Å². The fourth-order valence-corrected chi connectivity index (χ4v) is 2.13. The van der Waals surface area contributed by atoms with Gasteiger partial charge in [-0.25, -0.2) is 4.98 Å². The predicted octanol–water partition coefficient (Wildman–Crippen LogP) is 2.06. The van der Waals surface area contributed by atoms with Gasteiger partial charge in [0.05, 0.1) is 0 Å². The zero-order chi connectivity index (χ0) is 7.84. The van der Waals surface area contributed by atoms with Crippen LogP contribution in [0.2, 0.25) is 0 Å². The number of aryl methyl sites for hydroxylation is 1. The highest BCUT2D eigenvalue weighted by Crippen LogP contribution is 2.32. The van der Waals surface area contributed by atoms with Gasteiger partial charge in [-0.1, -0.05) is 6.07 Å². The number of nitrogens with one attached hydrogen (secondary N) is 1. The zero-order valence-electron chi connectivity index (χ0n) is 6.59. The molecule has 0 amide bonds. The van der Waals surface area contributed by atoms with E-state index in [2.05, 4.69) is 28.8 Å². The van der Waals surface area contributed by atoms with Crippen LogP contribution in [0.3, 0.4) is 0 Å². The Kier molecular flexibility index (Phi) is 1.62. The maximum absolute atomic E-state index is 4.40. The Morgan fingerprint density at radius 1 is 1.55 bits per heavy atom. The monoisotopic (exact) mass is 166 g/mol. The van der Waals surface area contributed by atoms with E-state index in [1.54, 1.807) is 11.9 Å². The number of pyridine rings is 1. The molecule has 0 aromatic carbocycles. The second-order valence-electron chi connectivity index (χ2n) is 2.79. The van der Waals surface area contributed by atoms with Crippen LogP contribution >= 0.6 is 11.9 Å². The molecule has 2 rings (SSSR count). The topological polar surface area (TPSA) is 24.9 Å². The van der Waals surface area contributed by atoms with Crippen molar-refractivity contribution in [3.63, 3.8) is 0 Å². The van der Waals surface area contributed by atoms with E-state index in [1.807, 2.05) is 6.92 Å². The molecule has 0 fully saturated rings. The lowest BCUT2D eigenvalue weighted by molar-refractivity contribution is 0.757. The summed E-state index contributed by atoms with van der Waals surface area (Å²) in [6.07, 6.45) is 0. The van der Waals surface area contributed by atoms with Gasteiger partial charge in [-0.2, -0.15) is 0 Å². The van der Waals surface area contributed by atoms with Gasteiger partial charge in [-0.3, -0.25) is 4.72 Å². The Morgan fingerprint density at radius 2 is 2.36 bits per heavy atom. The highest BCUT2D eigenvalue weighted by molar-refractivity contribution is 7.97. The van der Waals surface area contributed by atoms with Crippen LogP contribution in [-0.2, 0) is 0 Å². The van der Waals surface area contributed by atoms with Crippen molar-refractivity contribution in [1.82, 2.24) is 9.71 Å². The van der Waals surface area contributed by atoms with Gasteiger partial charge in [0.1, 0.15) is 5.03 Å². The van der Waals surface area contributed by atoms with Crippen LogP contribution in [0.5, 0.6) is 0 Å². The average Bonchev–Trinajstić information content (AvgIpc) is 2.32. The van der Waals surface area contributed by atoms with E-state index in [4.69, 9.17) is 0 Å². The van der Waals surface area contributed by atoms with Crippen LogP contribution in [0, 0.1) is 6.92 Å². The van der Waals surface area contributed by atoms with E-state index in [1.165, 1.54) is 5.56 Å². The van der Waals surface area contributed by atoms with Crippen molar-refractivity contribution >= 4 is 11.9 Å². The molecule has 2 nitrogen and oxygen atoms in total. The number of nitrogens with zero attached hydrogens (tertiary/aromatic N) is 1. The first-order valence-corrected chi connectivity index (χ1v) is 4.49. The smallest absolute Gasteiger partial charge is 0.116 e. The summed E-state index contributed by atoms with van der Waals surface area (Å²) >= 11 is 1.63. The fraction of sp³-hybridized carbons (Fsp3) is 0.375. The molecule has 3 heteroatoms. The van der Waals surface area contributed by atoms with E-state index in [-0.39, 0.29) is 0 Å². The minimum Gasteiger partial charge on any atom is -0.251 e. The standard InChI is InChI=1S/C8H10N2S/c1-5-3-4-7-6(2)10-11-8(7)9-5/h3-4,6,10H,1-2H3. The van der Waals surface area contributed by atoms with Gasteiger partial charge in [0.25, 0.3) is 0 Å². The number of aromatic nitrogens is 1. The third kappa shape index (κ3) is 1.14. The molecule has 0 aliphatic carbocycles. The Bertz CT molecular complexity index is 285. The lowest BCUT2D eigenvalue weighted by atomic mass is 10.1. The zero-order valence-corrected chi connectivity index (χ0v) is 7.40. The van der Waals surface area contributed by atoms with Crippen LogP contribution < -0.4 is 4.72 Å². The van der Waals surface area contributed by atoms with Crippen molar-refractivity contribution in [2.45, 2.75) is 24.9 Å². The fourth-order valence-electron chi connectivity index (χ4n) is 1.16. The molecule has 0 bridgehead atoms. The normalized spacial score (nSPS) is 21.8. The molecule has 0 spiro atoms. The number of hydrogen-bond acceptors (Lipinski definition) is 3. The first-order chi connectivity index (χ1) is 5.27. The van der Waals surface area contributed by atoms with Crippen molar-refractivity contribution in [3.8, 4) is 0 Å². The minimum absolute atomic E-state index is 0.447. The Labute approximate surface area is 70.5 Å². The third-order valence-corrected chi connectivity index (χ3v) is 2.82. The van der Waals surface area contributed by atoms with E-state index in [0.29, 0.717) is 6.04 Å². The van der Waals surface area contributed by atoms with Crippen molar-refractivity contribution in [1.29, 1.82) is 0 Å². The van der Waals surface area contributed by atoms with Crippen LogP contribution in [0.15, 0.2) is 17.2 Å². The van der Waals surface area contributed by atoms with E-state index >= 15 is 0 Å². The number of fused-ring (bicyclic) bond motifs is 1. The van der Waals surface area contributed by atoms with Crippen molar-refractivity contribution in [2.24, 2.45) is 0 Å². The van der Waals surface area contributed by atoms with Gasteiger partial charge in [-0.05, 0) is 31.9 Å². The van der Waals surface area contributed by atoms with Gasteiger partial charge < -0.3 is 0 Å². The lowest BCUT2D eigenvalue weighted by Crippen LogP contribution is -2.01. The molecule has 0 radical (unpaired) electrons. The van der Waals surface area contributed by atoms with Gasteiger partial charge >= 0.3 is 0 Å². The quantitative estimate of drug-likeness (QED) is 0.597. The van der Waals surface area contributed by atoms with Crippen molar-refractivity contribution < 1.29 is 0 Å². The molecule has 1 aliphatic heterocycles. The van der Waals surface area contributed by atoms with Gasteiger partial charge in [0.2, 0.25) is 0 Å². The average molecular weight is 166 g/mol. The lowest BCUT2D eigenvalue weighted by Gasteiger charge is -2.00. The van der Waals surface area contributed by atoms with Gasteiger partial charge in [0, 0.05) is 17.3 Å². The minimum atomic E-state index is 0.447. The Balaban J connectivity index is 2.50. The molecule has 1 aromatic rings. The van der Waals surface area contributed by atoms with E-state index in [0.717, 1.165) is 10.7 Å². The second kappa shape index (κ2) is 2.50. The highest BCUT2D eigenvalue weighted by atomic mass is 32.2. The molecule has 58 valence electrons. The summed E-state index contributed by atoms with van der Waals surface area (Å²) in [5.74, 6) is 0. The van der Waals surface area contributed by atoms with Gasteiger partial charge in [-0.15, -0.1) is 0 Å². The maximum atomic E-state index is 4.40. The molecule has 1 aliphatic rings. The summed E-state index contributed by atoms with van der Waals surface area (Å²) in [4.78, 5) is 4.40. The van der Waals surface area contributed by atoms with E-state index in [9.17, 15) is 0 Å². The first kappa shape index (κ1) is 7.13. The third-order valence-electron chi connectivity index (χ3n) is 1.83. The van der Waals surface area contributed by atoms with Crippen molar-refractivity contribution in [3.05, 3.63) is 23.4 Å². The molecule has 1 aromatic heterocycles. The SMILES string of the molecule is Cc1ccc2c(n1)SNC2C. The molecular weight excluding hydrogens is 156 g/mol. The largest absolute Gasteiger partial charge is 0.251 e. The molecular formula is C8H10N2S.